The summed E-state index contributed by atoms with van der Waals surface area (Å²) < 4.78 is 3.09. The molecule has 0 unspecified atom stereocenters. The van der Waals surface area contributed by atoms with Gasteiger partial charge < -0.3 is 9.88 Å². The lowest BCUT2D eigenvalue weighted by molar-refractivity contribution is 0.0952. The van der Waals surface area contributed by atoms with Crippen LogP contribution in [0, 0.1) is 13.8 Å². The fourth-order valence-electron chi connectivity index (χ4n) is 3.28. The number of halogens is 1. The van der Waals surface area contributed by atoms with Gasteiger partial charge in [-0.2, -0.15) is 0 Å². The van der Waals surface area contributed by atoms with Gasteiger partial charge in [-0.3, -0.25) is 4.79 Å². The summed E-state index contributed by atoms with van der Waals surface area (Å²) in [5.74, 6) is 0.993. The normalized spacial score (nSPS) is 10.9. The van der Waals surface area contributed by atoms with Crippen molar-refractivity contribution in [3.05, 3.63) is 76.0 Å². The van der Waals surface area contributed by atoms with Crippen molar-refractivity contribution in [1.82, 2.24) is 14.9 Å². The summed E-state index contributed by atoms with van der Waals surface area (Å²) in [4.78, 5) is 17.1. The number of nitrogens with zero attached hydrogens (tertiary/aromatic N) is 2. The first-order valence-electron chi connectivity index (χ1n) is 9.08. The third-order valence-corrected chi connectivity index (χ3v) is 4.80. The van der Waals surface area contributed by atoms with Gasteiger partial charge in [0.05, 0.1) is 17.6 Å². The number of fused-ring (bicyclic) bond motifs is 1. The Morgan fingerprint density at radius 1 is 1.22 bits per heavy atom. The highest BCUT2D eigenvalue weighted by molar-refractivity contribution is 9.11. The Balaban J connectivity index is 1.63. The summed E-state index contributed by atoms with van der Waals surface area (Å²) in [5, 5.41) is 3.02. The van der Waals surface area contributed by atoms with Gasteiger partial charge in [-0.15, -0.1) is 0 Å². The second kappa shape index (κ2) is 8.53. The van der Waals surface area contributed by atoms with E-state index in [1.165, 1.54) is 0 Å². The molecule has 5 heteroatoms. The van der Waals surface area contributed by atoms with Gasteiger partial charge in [-0.25, -0.2) is 4.98 Å². The van der Waals surface area contributed by atoms with E-state index in [1.54, 1.807) is 0 Å². The minimum absolute atomic E-state index is 0.0187. The Morgan fingerprint density at radius 3 is 2.74 bits per heavy atom. The van der Waals surface area contributed by atoms with E-state index in [2.05, 4.69) is 38.5 Å². The van der Waals surface area contributed by atoms with Gasteiger partial charge in [0.1, 0.15) is 5.82 Å². The Hall–Kier alpha value is -2.40. The first-order valence-corrected chi connectivity index (χ1v) is 9.88. The van der Waals surface area contributed by atoms with Crippen molar-refractivity contribution < 1.29 is 4.79 Å². The zero-order valence-corrected chi connectivity index (χ0v) is 17.3. The van der Waals surface area contributed by atoms with Crippen molar-refractivity contribution in [3.63, 3.8) is 0 Å². The monoisotopic (exact) mass is 425 g/mol. The van der Waals surface area contributed by atoms with E-state index in [0.717, 1.165) is 50.9 Å². The van der Waals surface area contributed by atoms with Gasteiger partial charge in [0.2, 0.25) is 0 Å². The molecule has 140 valence electrons. The number of carbonyl (C=O) groups is 1. The molecule has 2 aromatic carbocycles. The lowest BCUT2D eigenvalue weighted by Gasteiger charge is -2.10. The molecule has 1 heterocycles. The van der Waals surface area contributed by atoms with Crippen LogP contribution in [0.1, 0.15) is 33.7 Å². The van der Waals surface area contributed by atoms with Crippen molar-refractivity contribution >= 4 is 32.9 Å². The molecule has 3 rings (SSSR count). The van der Waals surface area contributed by atoms with E-state index in [1.807, 2.05) is 50.2 Å². The number of hydrogen-bond donors (Lipinski definition) is 1. The second-order valence-electron chi connectivity index (χ2n) is 6.80. The van der Waals surface area contributed by atoms with Crippen LogP contribution in [0.15, 0.2) is 53.5 Å². The number of nitrogens with one attached hydrogen (secondary N) is 1. The van der Waals surface area contributed by atoms with E-state index in [0.29, 0.717) is 13.1 Å². The maximum Gasteiger partial charge on any atom is 0.251 e. The van der Waals surface area contributed by atoms with Gasteiger partial charge in [0.15, 0.2) is 0 Å². The molecule has 4 nitrogen and oxygen atoms in total. The molecule has 3 aromatic rings. The molecule has 0 aliphatic carbocycles. The number of benzene rings is 2. The van der Waals surface area contributed by atoms with Crippen molar-refractivity contribution in [2.75, 3.05) is 6.54 Å². The number of amides is 1. The smallest absolute Gasteiger partial charge is 0.251 e. The van der Waals surface area contributed by atoms with Gasteiger partial charge in [-0.1, -0.05) is 52.3 Å². The quantitative estimate of drug-likeness (QED) is 0.545. The minimum Gasteiger partial charge on any atom is -0.352 e. The van der Waals surface area contributed by atoms with E-state index in [9.17, 15) is 4.79 Å². The topological polar surface area (TPSA) is 46.9 Å². The zero-order chi connectivity index (χ0) is 19.4. The van der Waals surface area contributed by atoms with E-state index < -0.39 is 0 Å². The summed E-state index contributed by atoms with van der Waals surface area (Å²) in [6.45, 7) is 9.26. The summed E-state index contributed by atoms with van der Waals surface area (Å²) in [6.07, 6.45) is 1.62. The second-order valence-corrected chi connectivity index (χ2v) is 7.92. The molecule has 0 saturated carbocycles. The number of carbonyl (C=O) groups excluding carboxylic acids is 1. The maximum atomic E-state index is 12.4. The van der Waals surface area contributed by atoms with Gasteiger partial charge >= 0.3 is 0 Å². The molecule has 0 bridgehead atoms. The highest BCUT2D eigenvalue weighted by Gasteiger charge is 2.12. The van der Waals surface area contributed by atoms with Crippen LogP contribution in [0.2, 0.25) is 0 Å². The number of imidazole rings is 1. The molecule has 0 spiro atoms. The van der Waals surface area contributed by atoms with Crippen LogP contribution < -0.4 is 5.32 Å². The molecule has 0 saturated heterocycles. The Morgan fingerprint density at radius 2 is 2.00 bits per heavy atom. The molecule has 0 aliphatic heterocycles. The Kier molecular flexibility index (Phi) is 6.11. The van der Waals surface area contributed by atoms with Crippen LogP contribution in [0.4, 0.5) is 0 Å². The maximum absolute atomic E-state index is 12.4. The van der Waals surface area contributed by atoms with Crippen molar-refractivity contribution in [1.29, 1.82) is 0 Å². The predicted octanol–water partition coefficient (Wildman–Crippen LogP) is 4.92. The molecule has 1 N–H and O–H groups in total. The predicted molar refractivity (Wildman–Crippen MR) is 114 cm³/mol. The average Bonchev–Trinajstić information content (AvgIpc) is 2.95. The Labute approximate surface area is 168 Å². The molecule has 0 atom stereocenters. The largest absolute Gasteiger partial charge is 0.352 e. The fourth-order valence-corrected chi connectivity index (χ4v) is 3.53. The summed E-state index contributed by atoms with van der Waals surface area (Å²) in [6, 6.07) is 14.0. The number of allylic oxidation sites excluding steroid dienone is 1. The molecular weight excluding hydrogens is 402 g/mol. The highest BCUT2D eigenvalue weighted by Crippen LogP contribution is 2.20. The number of aromatic nitrogens is 2. The van der Waals surface area contributed by atoms with Crippen LogP contribution in [-0.4, -0.2) is 22.0 Å². The van der Waals surface area contributed by atoms with Gasteiger partial charge in [-0.05, 0) is 44.0 Å². The summed E-state index contributed by atoms with van der Waals surface area (Å²) in [7, 11) is 0. The summed E-state index contributed by atoms with van der Waals surface area (Å²) >= 11 is 3.45. The number of hydrogen-bond acceptors (Lipinski definition) is 2. The van der Waals surface area contributed by atoms with Gasteiger partial charge in [0, 0.05) is 23.0 Å². The third-order valence-electron chi connectivity index (χ3n) is 4.55. The standard InChI is InChI=1S/C22H24BrN3O/c1-15-10-11-18(16(2)13-15)22(27)24-12-6-9-21-25-19-7-4-5-8-20(19)26(21)14-17(3)23/h4-5,7-8,10-11,13H,3,6,9,12,14H2,1-2H3,(H,24,27). The number of aryl methyl sites for hydroxylation is 3. The number of rotatable bonds is 7. The molecule has 27 heavy (non-hydrogen) atoms. The molecule has 1 aromatic heterocycles. The molecule has 0 radical (unpaired) electrons. The van der Waals surface area contributed by atoms with E-state index in [-0.39, 0.29) is 5.91 Å². The van der Waals surface area contributed by atoms with Crippen LogP contribution in [-0.2, 0) is 13.0 Å². The lowest BCUT2D eigenvalue weighted by atomic mass is 10.1. The Bertz CT molecular complexity index is 990. The molecule has 1 amide bonds. The SMILES string of the molecule is C=C(Br)Cn1c(CCCNC(=O)c2ccc(C)cc2C)nc2ccccc21. The zero-order valence-electron chi connectivity index (χ0n) is 15.8. The van der Waals surface area contributed by atoms with Crippen molar-refractivity contribution in [2.24, 2.45) is 0 Å². The molecule has 0 fully saturated rings. The van der Waals surface area contributed by atoms with Crippen molar-refractivity contribution in [3.8, 4) is 0 Å². The van der Waals surface area contributed by atoms with E-state index >= 15 is 0 Å². The van der Waals surface area contributed by atoms with E-state index in [4.69, 9.17) is 4.98 Å². The highest BCUT2D eigenvalue weighted by atomic mass is 79.9. The first-order chi connectivity index (χ1) is 13.0. The summed E-state index contributed by atoms with van der Waals surface area (Å²) in [5.41, 5.74) is 5.00. The van der Waals surface area contributed by atoms with Crippen LogP contribution in [0.25, 0.3) is 11.0 Å². The van der Waals surface area contributed by atoms with Crippen LogP contribution >= 0.6 is 15.9 Å². The first kappa shape index (κ1) is 19.4. The average molecular weight is 426 g/mol. The lowest BCUT2D eigenvalue weighted by Crippen LogP contribution is -2.25. The van der Waals surface area contributed by atoms with Gasteiger partial charge in [0.25, 0.3) is 5.91 Å². The van der Waals surface area contributed by atoms with Crippen LogP contribution in [0.3, 0.4) is 0 Å². The van der Waals surface area contributed by atoms with Crippen molar-refractivity contribution in [2.45, 2.75) is 33.2 Å². The molecule has 0 aliphatic rings. The third kappa shape index (κ3) is 4.66. The number of para-hydroxylation sites is 2. The molecular formula is C22H24BrN3O. The minimum atomic E-state index is -0.0187. The fraction of sp³-hybridized carbons (Fsp3) is 0.273. The van der Waals surface area contributed by atoms with Crippen LogP contribution in [0.5, 0.6) is 0 Å².